The minimum absolute atomic E-state index is 0.163. The molecule has 0 saturated carbocycles. The first kappa shape index (κ1) is 24.1. The van der Waals surface area contributed by atoms with Gasteiger partial charge in [-0.3, -0.25) is 9.59 Å². The fourth-order valence-electron chi connectivity index (χ4n) is 3.42. The van der Waals surface area contributed by atoms with Gasteiger partial charge in [0.1, 0.15) is 18.0 Å². The van der Waals surface area contributed by atoms with Crippen LogP contribution in [0.5, 0.6) is 11.5 Å². The van der Waals surface area contributed by atoms with Crippen molar-refractivity contribution in [2.24, 2.45) is 0 Å². The fraction of sp³-hybridized carbons (Fsp3) is 0.417. The van der Waals surface area contributed by atoms with E-state index in [1.54, 1.807) is 32.4 Å². The Morgan fingerprint density at radius 2 is 1.52 bits per heavy atom. The number of esters is 1. The van der Waals surface area contributed by atoms with Crippen molar-refractivity contribution in [3.05, 3.63) is 53.6 Å². The van der Waals surface area contributed by atoms with Crippen LogP contribution in [0.25, 0.3) is 0 Å². The highest BCUT2D eigenvalue weighted by Crippen LogP contribution is 2.24. The van der Waals surface area contributed by atoms with Crippen molar-refractivity contribution in [2.75, 3.05) is 39.3 Å². The van der Waals surface area contributed by atoms with Gasteiger partial charge in [-0.05, 0) is 62.7 Å². The summed E-state index contributed by atoms with van der Waals surface area (Å²) in [5.41, 5.74) is 2.33. The Morgan fingerprint density at radius 3 is 1.97 bits per heavy atom. The molecule has 0 aliphatic rings. The summed E-state index contributed by atoms with van der Waals surface area (Å²) in [6.45, 7) is 7.27. The highest BCUT2D eigenvalue weighted by Gasteiger charge is 2.21. The second-order valence-corrected chi connectivity index (χ2v) is 7.38. The highest BCUT2D eigenvalue weighted by atomic mass is 16.5. The van der Waals surface area contributed by atoms with Crippen LogP contribution in [-0.4, -0.2) is 57.2 Å². The lowest BCUT2D eigenvalue weighted by atomic mass is 10.1. The Balaban J connectivity index is 2.31. The number of carbonyl (C=O) groups is 2. The van der Waals surface area contributed by atoms with Crippen LogP contribution in [0.2, 0.25) is 0 Å². The standard InChI is InChI=1S/C24H32N2O5/c1-7-26(17(2)3)20-10-8-19(9-11-20)24(28)25(16-23(27)31-6)15-18-12-21(29-4)14-22(13-18)30-5/h8-14,17H,7,15-16H2,1-6H3. The lowest BCUT2D eigenvalue weighted by Crippen LogP contribution is -2.36. The van der Waals surface area contributed by atoms with E-state index in [0.29, 0.717) is 23.1 Å². The molecule has 0 heterocycles. The molecule has 0 bridgehead atoms. The first-order valence-electron chi connectivity index (χ1n) is 10.3. The van der Waals surface area contributed by atoms with Crippen LogP contribution in [0, 0.1) is 0 Å². The van der Waals surface area contributed by atoms with Crippen LogP contribution in [0.1, 0.15) is 36.7 Å². The summed E-state index contributed by atoms with van der Waals surface area (Å²) in [6, 6.07) is 13.2. The van der Waals surface area contributed by atoms with Gasteiger partial charge in [-0.2, -0.15) is 0 Å². The lowest BCUT2D eigenvalue weighted by Gasteiger charge is -2.28. The summed E-state index contributed by atoms with van der Waals surface area (Å²) in [5, 5.41) is 0. The van der Waals surface area contributed by atoms with E-state index in [1.807, 2.05) is 24.3 Å². The molecule has 7 heteroatoms. The number of hydrogen-bond acceptors (Lipinski definition) is 6. The number of amides is 1. The number of hydrogen-bond donors (Lipinski definition) is 0. The molecule has 1 amide bonds. The molecule has 31 heavy (non-hydrogen) atoms. The number of ether oxygens (including phenoxy) is 3. The van der Waals surface area contributed by atoms with Gasteiger partial charge < -0.3 is 24.0 Å². The number of benzene rings is 2. The van der Waals surface area contributed by atoms with Crippen LogP contribution >= 0.6 is 0 Å². The largest absolute Gasteiger partial charge is 0.497 e. The fourth-order valence-corrected chi connectivity index (χ4v) is 3.42. The number of anilines is 1. The molecule has 2 rings (SSSR count). The summed E-state index contributed by atoms with van der Waals surface area (Å²) < 4.78 is 15.4. The van der Waals surface area contributed by atoms with Gasteiger partial charge in [0.15, 0.2) is 0 Å². The van der Waals surface area contributed by atoms with E-state index in [4.69, 9.17) is 14.2 Å². The number of methoxy groups -OCH3 is 3. The Bertz CT molecular complexity index is 858. The molecule has 2 aromatic carbocycles. The maximum atomic E-state index is 13.2. The molecular weight excluding hydrogens is 396 g/mol. The molecule has 168 valence electrons. The topological polar surface area (TPSA) is 68.3 Å². The normalized spacial score (nSPS) is 10.5. The molecule has 0 radical (unpaired) electrons. The zero-order valence-corrected chi connectivity index (χ0v) is 19.2. The van der Waals surface area contributed by atoms with E-state index in [0.717, 1.165) is 17.8 Å². The van der Waals surface area contributed by atoms with E-state index in [-0.39, 0.29) is 19.0 Å². The molecule has 7 nitrogen and oxygen atoms in total. The Labute approximate surface area is 184 Å². The minimum Gasteiger partial charge on any atom is -0.497 e. The Kier molecular flexibility index (Phi) is 8.73. The molecule has 0 N–H and O–H groups in total. The third-order valence-corrected chi connectivity index (χ3v) is 5.03. The van der Waals surface area contributed by atoms with Gasteiger partial charge in [0.25, 0.3) is 5.91 Å². The first-order chi connectivity index (χ1) is 14.8. The van der Waals surface area contributed by atoms with E-state index < -0.39 is 5.97 Å². The van der Waals surface area contributed by atoms with Crippen LogP contribution in [0.15, 0.2) is 42.5 Å². The van der Waals surface area contributed by atoms with Gasteiger partial charge in [0.2, 0.25) is 0 Å². The smallest absolute Gasteiger partial charge is 0.325 e. The average Bonchev–Trinajstić information content (AvgIpc) is 2.78. The van der Waals surface area contributed by atoms with E-state index in [9.17, 15) is 9.59 Å². The van der Waals surface area contributed by atoms with Crippen molar-refractivity contribution in [1.82, 2.24) is 4.90 Å². The molecule has 0 spiro atoms. The zero-order chi connectivity index (χ0) is 23.0. The van der Waals surface area contributed by atoms with E-state index >= 15 is 0 Å². The number of nitrogens with zero attached hydrogens (tertiary/aromatic N) is 2. The molecule has 0 unspecified atom stereocenters. The van der Waals surface area contributed by atoms with Gasteiger partial charge in [-0.15, -0.1) is 0 Å². The van der Waals surface area contributed by atoms with Crippen molar-refractivity contribution >= 4 is 17.6 Å². The molecule has 0 atom stereocenters. The van der Waals surface area contributed by atoms with Crippen molar-refractivity contribution in [2.45, 2.75) is 33.4 Å². The third-order valence-electron chi connectivity index (χ3n) is 5.03. The molecule has 0 aliphatic heterocycles. The maximum absolute atomic E-state index is 13.2. The zero-order valence-electron chi connectivity index (χ0n) is 19.2. The SMILES string of the molecule is CCN(c1ccc(C(=O)N(CC(=O)OC)Cc2cc(OC)cc(OC)c2)cc1)C(C)C. The van der Waals surface area contributed by atoms with E-state index in [1.165, 1.54) is 12.0 Å². The second kappa shape index (κ2) is 11.2. The van der Waals surface area contributed by atoms with Crippen LogP contribution in [0.3, 0.4) is 0 Å². The highest BCUT2D eigenvalue weighted by molar-refractivity contribution is 5.96. The Morgan fingerprint density at radius 1 is 0.935 bits per heavy atom. The summed E-state index contributed by atoms with van der Waals surface area (Å²) in [7, 11) is 4.43. The molecule has 2 aromatic rings. The van der Waals surface area contributed by atoms with Gasteiger partial charge >= 0.3 is 5.97 Å². The summed E-state index contributed by atoms with van der Waals surface area (Å²) in [4.78, 5) is 28.9. The maximum Gasteiger partial charge on any atom is 0.325 e. The minimum atomic E-state index is -0.489. The molecule has 0 fully saturated rings. The summed E-state index contributed by atoms with van der Waals surface area (Å²) in [5.74, 6) is 0.471. The van der Waals surface area contributed by atoms with Crippen LogP contribution < -0.4 is 14.4 Å². The number of carbonyl (C=O) groups excluding carboxylic acids is 2. The predicted molar refractivity (Wildman–Crippen MR) is 121 cm³/mol. The van der Waals surface area contributed by atoms with Gasteiger partial charge in [0, 0.05) is 36.4 Å². The summed E-state index contributed by atoms with van der Waals surface area (Å²) >= 11 is 0. The van der Waals surface area contributed by atoms with Crippen molar-refractivity contribution in [1.29, 1.82) is 0 Å². The molecule has 0 saturated heterocycles. The second-order valence-electron chi connectivity index (χ2n) is 7.38. The van der Waals surface area contributed by atoms with Gasteiger partial charge in [-0.1, -0.05) is 0 Å². The molecule has 0 aromatic heterocycles. The number of rotatable bonds is 10. The molecular formula is C24H32N2O5. The predicted octanol–water partition coefficient (Wildman–Crippen LogP) is 3.75. The quantitative estimate of drug-likeness (QED) is 0.537. The van der Waals surface area contributed by atoms with Gasteiger partial charge in [0.05, 0.1) is 21.3 Å². The molecule has 0 aliphatic carbocycles. The third kappa shape index (κ3) is 6.38. The van der Waals surface area contributed by atoms with Gasteiger partial charge in [-0.25, -0.2) is 0 Å². The van der Waals surface area contributed by atoms with E-state index in [2.05, 4.69) is 25.7 Å². The van der Waals surface area contributed by atoms with Crippen molar-refractivity contribution < 1.29 is 23.8 Å². The van der Waals surface area contributed by atoms with Crippen LogP contribution in [-0.2, 0) is 16.1 Å². The Hall–Kier alpha value is -3.22. The van der Waals surface area contributed by atoms with Crippen molar-refractivity contribution in [3.8, 4) is 11.5 Å². The van der Waals surface area contributed by atoms with Crippen LogP contribution in [0.4, 0.5) is 5.69 Å². The first-order valence-corrected chi connectivity index (χ1v) is 10.3. The monoisotopic (exact) mass is 428 g/mol. The average molecular weight is 429 g/mol. The lowest BCUT2D eigenvalue weighted by molar-refractivity contribution is -0.141. The van der Waals surface area contributed by atoms with Crippen molar-refractivity contribution in [3.63, 3.8) is 0 Å². The summed E-state index contributed by atoms with van der Waals surface area (Å²) in [6.07, 6.45) is 0.